The lowest BCUT2D eigenvalue weighted by atomic mass is 9.79. The molecule has 1 N–H and O–H groups in total. The highest BCUT2D eigenvalue weighted by Gasteiger charge is 2.41. The third-order valence-corrected chi connectivity index (χ3v) is 4.53. The largest absolute Gasteiger partial charge is 0.479 e. The predicted octanol–water partition coefficient (Wildman–Crippen LogP) is 3.23. The van der Waals surface area contributed by atoms with E-state index in [1.807, 2.05) is 4.90 Å². The van der Waals surface area contributed by atoms with Crippen molar-refractivity contribution >= 4 is 5.91 Å². The van der Waals surface area contributed by atoms with Gasteiger partial charge in [-0.15, -0.1) is 0 Å². The van der Waals surface area contributed by atoms with E-state index in [-0.39, 0.29) is 28.8 Å². The summed E-state index contributed by atoms with van der Waals surface area (Å²) in [6.07, 6.45) is 3.84. The van der Waals surface area contributed by atoms with Gasteiger partial charge >= 0.3 is 0 Å². The molecule has 0 spiro atoms. The number of ether oxygens (including phenoxy) is 1. The van der Waals surface area contributed by atoms with Gasteiger partial charge in [-0.2, -0.15) is 0 Å². The van der Waals surface area contributed by atoms with E-state index in [1.54, 1.807) is 6.07 Å². The first-order chi connectivity index (χ1) is 11.2. The lowest BCUT2D eigenvalue weighted by Crippen LogP contribution is -2.62. The molecule has 0 unspecified atom stereocenters. The SMILES string of the molecule is CCCCN(C(=O)c1cc(OC)no1)C1CC(C)(C)NC(C)(C)C1. The Kier molecular flexibility index (Phi) is 5.58. The maximum atomic E-state index is 13.0. The molecule has 2 rings (SSSR count). The van der Waals surface area contributed by atoms with Gasteiger partial charge in [0.15, 0.2) is 0 Å². The topological polar surface area (TPSA) is 67.6 Å². The molecule has 1 fully saturated rings. The van der Waals surface area contributed by atoms with Crippen LogP contribution in [0.3, 0.4) is 0 Å². The first-order valence-corrected chi connectivity index (χ1v) is 8.78. The third-order valence-electron chi connectivity index (χ3n) is 4.53. The third kappa shape index (κ3) is 4.50. The number of amides is 1. The maximum absolute atomic E-state index is 13.0. The van der Waals surface area contributed by atoms with Crippen LogP contribution in [0.2, 0.25) is 0 Å². The number of carbonyl (C=O) groups is 1. The van der Waals surface area contributed by atoms with E-state index in [0.717, 1.165) is 32.2 Å². The zero-order valence-corrected chi connectivity index (χ0v) is 15.8. The van der Waals surface area contributed by atoms with Gasteiger partial charge < -0.3 is 19.5 Å². The number of nitrogens with one attached hydrogen (secondary N) is 1. The summed E-state index contributed by atoms with van der Waals surface area (Å²) in [5.41, 5.74) is -0.0352. The van der Waals surface area contributed by atoms with Crippen LogP contribution in [-0.4, -0.2) is 46.7 Å². The molecule has 6 nitrogen and oxygen atoms in total. The lowest BCUT2D eigenvalue weighted by Gasteiger charge is -2.49. The maximum Gasteiger partial charge on any atom is 0.292 e. The second-order valence-electron chi connectivity index (χ2n) is 8.04. The Labute approximate surface area is 144 Å². The predicted molar refractivity (Wildman–Crippen MR) is 93.3 cm³/mol. The van der Waals surface area contributed by atoms with Crippen molar-refractivity contribution < 1.29 is 14.1 Å². The van der Waals surface area contributed by atoms with Crippen LogP contribution in [0.5, 0.6) is 5.88 Å². The van der Waals surface area contributed by atoms with Crippen LogP contribution >= 0.6 is 0 Å². The number of nitrogens with zero attached hydrogens (tertiary/aromatic N) is 2. The molecule has 0 aromatic carbocycles. The van der Waals surface area contributed by atoms with E-state index in [0.29, 0.717) is 5.88 Å². The molecule has 1 aliphatic rings. The van der Waals surface area contributed by atoms with Crippen molar-refractivity contribution in [3.05, 3.63) is 11.8 Å². The molecular weight excluding hydrogens is 306 g/mol. The van der Waals surface area contributed by atoms with Crippen molar-refractivity contribution in [3.8, 4) is 5.88 Å². The van der Waals surface area contributed by atoms with Gasteiger partial charge in [-0.25, -0.2) is 0 Å². The molecule has 0 bridgehead atoms. The Morgan fingerprint density at radius 3 is 2.50 bits per heavy atom. The van der Waals surface area contributed by atoms with Crippen LogP contribution < -0.4 is 10.1 Å². The number of hydrogen-bond donors (Lipinski definition) is 1. The second kappa shape index (κ2) is 7.13. The number of unbranched alkanes of at least 4 members (excludes halogenated alkanes) is 1. The molecule has 1 aromatic rings. The standard InChI is InChI=1S/C18H31N3O3/c1-7-8-9-21(16(22)14-10-15(23-6)19-24-14)13-11-17(2,3)20-18(4,5)12-13/h10,13,20H,7-9,11-12H2,1-6H3. The first kappa shape index (κ1) is 18.8. The monoisotopic (exact) mass is 337 g/mol. The van der Waals surface area contributed by atoms with Crippen molar-refractivity contribution in [2.24, 2.45) is 0 Å². The molecule has 136 valence electrons. The van der Waals surface area contributed by atoms with Gasteiger partial charge in [0.2, 0.25) is 5.76 Å². The number of piperidine rings is 1. The number of rotatable bonds is 6. The van der Waals surface area contributed by atoms with E-state index in [4.69, 9.17) is 9.26 Å². The summed E-state index contributed by atoms with van der Waals surface area (Å²) >= 11 is 0. The number of carbonyl (C=O) groups excluding carboxylic acids is 1. The van der Waals surface area contributed by atoms with E-state index >= 15 is 0 Å². The first-order valence-electron chi connectivity index (χ1n) is 8.78. The summed E-state index contributed by atoms with van der Waals surface area (Å²) in [6, 6.07) is 1.74. The van der Waals surface area contributed by atoms with Gasteiger partial charge in [-0.3, -0.25) is 4.79 Å². The fraction of sp³-hybridized carbons (Fsp3) is 0.778. The highest BCUT2D eigenvalue weighted by atomic mass is 16.5. The molecule has 1 aromatic heterocycles. The van der Waals surface area contributed by atoms with Crippen molar-refractivity contribution in [1.29, 1.82) is 0 Å². The minimum atomic E-state index is -0.0993. The average Bonchev–Trinajstić information content (AvgIpc) is 2.93. The van der Waals surface area contributed by atoms with Crippen LogP contribution in [-0.2, 0) is 0 Å². The van der Waals surface area contributed by atoms with E-state index in [2.05, 4.69) is 45.1 Å². The zero-order valence-electron chi connectivity index (χ0n) is 15.8. The Balaban J connectivity index is 2.25. The van der Waals surface area contributed by atoms with Gasteiger partial charge in [0.25, 0.3) is 11.8 Å². The van der Waals surface area contributed by atoms with Crippen LogP contribution in [0.25, 0.3) is 0 Å². The van der Waals surface area contributed by atoms with E-state index in [1.165, 1.54) is 7.11 Å². The normalized spacial score (nSPS) is 19.9. The van der Waals surface area contributed by atoms with E-state index < -0.39 is 0 Å². The van der Waals surface area contributed by atoms with Crippen LogP contribution in [0, 0.1) is 0 Å². The quantitative estimate of drug-likeness (QED) is 0.863. The molecule has 24 heavy (non-hydrogen) atoms. The van der Waals surface area contributed by atoms with Crippen LogP contribution in [0.15, 0.2) is 10.6 Å². The zero-order chi connectivity index (χ0) is 18.0. The van der Waals surface area contributed by atoms with E-state index in [9.17, 15) is 4.79 Å². The molecule has 1 aliphatic heterocycles. The van der Waals surface area contributed by atoms with Gasteiger partial charge in [-0.05, 0) is 52.1 Å². The van der Waals surface area contributed by atoms with Gasteiger partial charge in [-0.1, -0.05) is 13.3 Å². The highest BCUT2D eigenvalue weighted by molar-refractivity contribution is 5.92. The van der Waals surface area contributed by atoms with Gasteiger partial charge in [0.05, 0.1) is 13.2 Å². The van der Waals surface area contributed by atoms with Gasteiger partial charge in [0.1, 0.15) is 0 Å². The molecule has 0 radical (unpaired) electrons. The molecule has 1 amide bonds. The summed E-state index contributed by atoms with van der Waals surface area (Å²) in [4.78, 5) is 15.0. The number of hydrogen-bond acceptors (Lipinski definition) is 5. The Morgan fingerprint density at radius 1 is 1.38 bits per heavy atom. The van der Waals surface area contributed by atoms with Gasteiger partial charge in [0, 0.05) is 23.7 Å². The second-order valence-corrected chi connectivity index (χ2v) is 8.04. The summed E-state index contributed by atoms with van der Waals surface area (Å²) in [7, 11) is 1.51. The summed E-state index contributed by atoms with van der Waals surface area (Å²) in [6.45, 7) is 11.6. The average molecular weight is 337 g/mol. The van der Waals surface area contributed by atoms with Crippen molar-refractivity contribution in [1.82, 2.24) is 15.4 Å². The fourth-order valence-corrected chi connectivity index (χ4v) is 3.86. The summed E-state index contributed by atoms with van der Waals surface area (Å²) in [5.74, 6) is 0.481. The molecule has 1 saturated heterocycles. The number of methoxy groups -OCH3 is 1. The Hall–Kier alpha value is -1.56. The Morgan fingerprint density at radius 2 is 2.00 bits per heavy atom. The van der Waals surface area contributed by atoms with Crippen molar-refractivity contribution in [2.45, 2.75) is 77.4 Å². The van der Waals surface area contributed by atoms with Crippen LogP contribution in [0.1, 0.15) is 70.9 Å². The minimum Gasteiger partial charge on any atom is -0.479 e. The van der Waals surface area contributed by atoms with Crippen LogP contribution in [0.4, 0.5) is 0 Å². The molecule has 0 saturated carbocycles. The molecular formula is C18H31N3O3. The highest BCUT2D eigenvalue weighted by Crippen LogP contribution is 2.32. The number of aromatic nitrogens is 1. The van der Waals surface area contributed by atoms with Crippen molar-refractivity contribution in [2.75, 3.05) is 13.7 Å². The smallest absolute Gasteiger partial charge is 0.292 e. The summed E-state index contributed by atoms with van der Waals surface area (Å²) in [5, 5.41) is 7.43. The summed E-state index contributed by atoms with van der Waals surface area (Å²) < 4.78 is 10.2. The lowest BCUT2D eigenvalue weighted by molar-refractivity contribution is 0.0407. The minimum absolute atomic E-state index is 0.0176. The molecule has 2 heterocycles. The molecule has 0 atom stereocenters. The fourth-order valence-electron chi connectivity index (χ4n) is 3.86. The molecule has 0 aliphatic carbocycles. The Bertz CT molecular complexity index is 550. The van der Waals surface area contributed by atoms with Crippen molar-refractivity contribution in [3.63, 3.8) is 0 Å². The molecule has 6 heteroatoms.